The molecule has 2 N–H and O–H groups in total. The molecule has 0 spiro atoms. The number of hydrogen-bond donors (Lipinski definition) is 2. The predicted molar refractivity (Wildman–Crippen MR) is 147 cm³/mol. The zero-order valence-electron chi connectivity index (χ0n) is 22.6. The molecular weight excluding hydrogens is 533 g/mol. The van der Waals surface area contributed by atoms with E-state index in [9.17, 15) is 27.9 Å². The number of quaternary nitrogens is 1. The van der Waals surface area contributed by atoms with Gasteiger partial charge >= 0.3 is 12.1 Å². The molecule has 216 valence electrons. The van der Waals surface area contributed by atoms with Gasteiger partial charge in [-0.2, -0.15) is 13.2 Å². The Morgan fingerprint density at radius 3 is 1.95 bits per heavy atom. The van der Waals surface area contributed by atoms with Crippen LogP contribution in [0.1, 0.15) is 46.3 Å². The van der Waals surface area contributed by atoms with Gasteiger partial charge in [0, 0.05) is 37.3 Å². The predicted octanol–water partition coefficient (Wildman–Crippen LogP) is 4.91. The Morgan fingerprint density at radius 1 is 0.854 bits per heavy atom. The number of aliphatic hydroxyl groups is 1. The van der Waals surface area contributed by atoms with E-state index in [1.165, 1.54) is 12.1 Å². The molecule has 6 rings (SSSR count). The quantitative estimate of drug-likeness (QED) is 0.219. The number of hydrogen-bond acceptors (Lipinski definition) is 4. The molecule has 0 aliphatic carbocycles. The standard InChI is InChI=1S/C32H33F3N2O4/c33-32(34,35)27-14-12-24(13-15-27)29(38)36-18-7-19-37-20-16-23(17-21-37)28(22-37)41-30(39)31(40,25-8-3-1-4-9-25)26-10-5-2-6-11-26/h1-6,8-15,23,28,40H,7,16-22H2/p+1/t23?,28-,37?/m0/s1. The molecule has 2 bridgehead atoms. The summed E-state index contributed by atoms with van der Waals surface area (Å²) in [5.74, 6) is -0.867. The van der Waals surface area contributed by atoms with Crippen molar-refractivity contribution >= 4 is 11.9 Å². The number of amides is 1. The molecule has 3 aliphatic rings. The number of carbonyl (C=O) groups is 2. The van der Waals surface area contributed by atoms with Crippen LogP contribution < -0.4 is 5.32 Å². The molecule has 1 atom stereocenters. The van der Waals surface area contributed by atoms with Crippen LogP contribution in [0.25, 0.3) is 0 Å². The molecule has 3 heterocycles. The minimum atomic E-state index is -4.45. The van der Waals surface area contributed by atoms with E-state index in [-0.39, 0.29) is 17.6 Å². The molecule has 0 saturated carbocycles. The molecule has 0 unspecified atom stereocenters. The van der Waals surface area contributed by atoms with E-state index in [0.717, 1.165) is 49.1 Å². The molecule has 41 heavy (non-hydrogen) atoms. The first-order chi connectivity index (χ1) is 19.6. The maximum absolute atomic E-state index is 13.7. The highest BCUT2D eigenvalue weighted by Crippen LogP contribution is 2.38. The van der Waals surface area contributed by atoms with Crippen molar-refractivity contribution in [2.45, 2.75) is 37.1 Å². The van der Waals surface area contributed by atoms with Crippen LogP contribution in [-0.4, -0.2) is 60.3 Å². The molecule has 3 aromatic rings. The molecule has 3 fully saturated rings. The topological polar surface area (TPSA) is 75.6 Å². The van der Waals surface area contributed by atoms with Crippen LogP contribution in [-0.2, 0) is 21.3 Å². The summed E-state index contributed by atoms with van der Waals surface area (Å²) in [5.41, 5.74) is -1.64. The monoisotopic (exact) mass is 567 g/mol. The Labute approximate surface area is 237 Å². The van der Waals surface area contributed by atoms with E-state index >= 15 is 0 Å². The molecule has 3 aromatic carbocycles. The smallest absolute Gasteiger partial charge is 0.416 e. The highest BCUT2D eigenvalue weighted by Gasteiger charge is 2.50. The van der Waals surface area contributed by atoms with Gasteiger partial charge in [-0.15, -0.1) is 0 Å². The summed E-state index contributed by atoms with van der Waals surface area (Å²) in [5, 5.41) is 14.6. The van der Waals surface area contributed by atoms with E-state index in [0.29, 0.717) is 30.6 Å². The minimum Gasteiger partial charge on any atom is -0.453 e. The van der Waals surface area contributed by atoms with Gasteiger partial charge in [0.1, 0.15) is 6.54 Å². The fourth-order valence-electron chi connectivity index (χ4n) is 6.18. The first-order valence-corrected chi connectivity index (χ1v) is 14.0. The van der Waals surface area contributed by atoms with Crippen molar-refractivity contribution in [2.75, 3.05) is 32.7 Å². The molecule has 6 nitrogen and oxygen atoms in total. The van der Waals surface area contributed by atoms with Crippen LogP contribution in [0.5, 0.6) is 0 Å². The van der Waals surface area contributed by atoms with Crippen LogP contribution in [0.3, 0.4) is 0 Å². The maximum atomic E-state index is 13.7. The van der Waals surface area contributed by atoms with Crippen LogP contribution in [0, 0.1) is 5.92 Å². The molecule has 3 saturated heterocycles. The van der Waals surface area contributed by atoms with Gasteiger partial charge in [-0.1, -0.05) is 60.7 Å². The second-order valence-electron chi connectivity index (χ2n) is 11.1. The number of fused-ring (bicyclic) bond motifs is 3. The van der Waals surface area contributed by atoms with Crippen LogP contribution in [0.4, 0.5) is 13.2 Å². The number of halogens is 3. The normalized spacial score (nSPS) is 22.2. The van der Waals surface area contributed by atoms with Gasteiger partial charge in [-0.25, -0.2) is 4.79 Å². The summed E-state index contributed by atoms with van der Waals surface area (Å²) in [4.78, 5) is 26.1. The summed E-state index contributed by atoms with van der Waals surface area (Å²) >= 11 is 0. The number of rotatable bonds is 9. The molecule has 0 radical (unpaired) electrons. The molecule has 0 aromatic heterocycles. The lowest BCUT2D eigenvalue weighted by Crippen LogP contribution is -2.65. The summed E-state index contributed by atoms with van der Waals surface area (Å²) in [7, 11) is 0. The average molecular weight is 568 g/mol. The lowest BCUT2D eigenvalue weighted by atomic mass is 9.82. The third-order valence-corrected chi connectivity index (χ3v) is 8.55. The van der Waals surface area contributed by atoms with E-state index in [2.05, 4.69) is 5.32 Å². The van der Waals surface area contributed by atoms with E-state index in [1.807, 2.05) is 12.1 Å². The summed E-state index contributed by atoms with van der Waals surface area (Å²) < 4.78 is 45.2. The number of piperidine rings is 3. The van der Waals surface area contributed by atoms with Gasteiger partial charge in [0.05, 0.1) is 25.2 Å². The van der Waals surface area contributed by atoms with Crippen LogP contribution >= 0.6 is 0 Å². The van der Waals surface area contributed by atoms with E-state index in [4.69, 9.17) is 4.74 Å². The van der Waals surface area contributed by atoms with Crippen molar-refractivity contribution in [1.82, 2.24) is 5.32 Å². The number of nitrogens with zero attached hydrogens (tertiary/aromatic N) is 1. The second-order valence-corrected chi connectivity index (χ2v) is 11.1. The van der Waals surface area contributed by atoms with Gasteiger partial charge in [0.15, 0.2) is 6.10 Å². The zero-order valence-corrected chi connectivity index (χ0v) is 22.6. The zero-order chi connectivity index (χ0) is 29.1. The number of alkyl halides is 3. The molecule has 3 aliphatic heterocycles. The van der Waals surface area contributed by atoms with Crippen LogP contribution in [0.15, 0.2) is 84.9 Å². The number of ether oxygens (including phenoxy) is 1. The van der Waals surface area contributed by atoms with Gasteiger partial charge in [-0.05, 0) is 35.4 Å². The average Bonchev–Trinajstić information content (AvgIpc) is 3.00. The van der Waals surface area contributed by atoms with Crippen molar-refractivity contribution < 1.29 is 37.1 Å². The number of nitrogens with one attached hydrogen (secondary N) is 1. The lowest BCUT2D eigenvalue weighted by Gasteiger charge is -2.52. The molecule has 9 heteroatoms. The maximum Gasteiger partial charge on any atom is 0.416 e. The largest absolute Gasteiger partial charge is 0.453 e. The minimum absolute atomic E-state index is 0.181. The Bertz CT molecular complexity index is 1300. The van der Waals surface area contributed by atoms with Crippen molar-refractivity contribution in [3.05, 3.63) is 107 Å². The first kappa shape index (κ1) is 28.8. The van der Waals surface area contributed by atoms with Crippen molar-refractivity contribution in [1.29, 1.82) is 0 Å². The number of carbonyl (C=O) groups excluding carboxylic acids is 2. The van der Waals surface area contributed by atoms with Gasteiger partial charge in [-0.3, -0.25) is 4.79 Å². The number of esters is 1. The first-order valence-electron chi connectivity index (χ1n) is 14.0. The Kier molecular flexibility index (Phi) is 8.20. The summed E-state index contributed by atoms with van der Waals surface area (Å²) in [6.45, 7) is 3.70. The fraction of sp³-hybridized carbons (Fsp3) is 0.375. The van der Waals surface area contributed by atoms with Gasteiger partial charge < -0.3 is 19.6 Å². The van der Waals surface area contributed by atoms with Crippen molar-refractivity contribution in [3.63, 3.8) is 0 Å². The Balaban J connectivity index is 1.20. The highest BCUT2D eigenvalue weighted by molar-refractivity contribution is 5.94. The highest BCUT2D eigenvalue weighted by atomic mass is 19.4. The Morgan fingerprint density at radius 2 is 1.41 bits per heavy atom. The molecular formula is C32H34F3N2O4+. The van der Waals surface area contributed by atoms with Gasteiger partial charge in [0.25, 0.3) is 5.91 Å². The van der Waals surface area contributed by atoms with Crippen molar-refractivity contribution in [2.24, 2.45) is 5.92 Å². The third kappa shape index (κ3) is 6.16. The molecule has 1 amide bonds. The Hall–Kier alpha value is -3.69. The number of benzene rings is 3. The third-order valence-electron chi connectivity index (χ3n) is 8.55. The van der Waals surface area contributed by atoms with E-state index in [1.54, 1.807) is 48.5 Å². The fourth-order valence-corrected chi connectivity index (χ4v) is 6.18. The summed E-state index contributed by atoms with van der Waals surface area (Å²) in [6, 6.07) is 21.8. The lowest BCUT2D eigenvalue weighted by molar-refractivity contribution is -0.946. The van der Waals surface area contributed by atoms with Gasteiger partial charge in [0.2, 0.25) is 5.60 Å². The van der Waals surface area contributed by atoms with Crippen LogP contribution in [0.2, 0.25) is 0 Å². The van der Waals surface area contributed by atoms with Crippen molar-refractivity contribution in [3.8, 4) is 0 Å². The summed E-state index contributed by atoms with van der Waals surface area (Å²) in [6.07, 6.45) is -2.28. The SMILES string of the molecule is O=C(NCCC[N+]12CCC(CC1)[C@@H](OC(=O)C(O)(c1ccccc1)c1ccccc1)C2)c1ccc(C(F)(F)F)cc1. The second kappa shape index (κ2) is 11.7. The van der Waals surface area contributed by atoms with E-state index < -0.39 is 29.2 Å².